The second-order valence-electron chi connectivity index (χ2n) is 6.67. The van der Waals surface area contributed by atoms with Gasteiger partial charge in [0, 0.05) is 23.2 Å². The molecule has 0 fully saturated rings. The predicted molar refractivity (Wildman–Crippen MR) is 111 cm³/mol. The number of benzene rings is 2. The number of aromatic amines is 1. The van der Waals surface area contributed by atoms with Crippen LogP contribution in [0.15, 0.2) is 58.5 Å². The van der Waals surface area contributed by atoms with E-state index in [0.717, 1.165) is 5.56 Å². The van der Waals surface area contributed by atoms with Crippen molar-refractivity contribution in [3.05, 3.63) is 81.3 Å². The molecule has 1 aliphatic heterocycles. The molecule has 148 valence electrons. The highest BCUT2D eigenvalue weighted by Crippen LogP contribution is 2.31. The molecule has 1 aromatic heterocycles. The van der Waals surface area contributed by atoms with Crippen molar-refractivity contribution < 1.29 is 14.3 Å². The molecule has 6 nitrogen and oxygen atoms in total. The molecule has 4 rings (SSSR count). The Balaban J connectivity index is 1.44. The minimum absolute atomic E-state index is 0.0689. The molecule has 0 spiro atoms. The van der Waals surface area contributed by atoms with Crippen LogP contribution in [0.1, 0.15) is 27.2 Å². The summed E-state index contributed by atoms with van der Waals surface area (Å²) in [6, 6.07) is 15.0. The molecule has 7 heteroatoms. The number of fused-ring (bicyclic) bond motifs is 1. The van der Waals surface area contributed by atoms with Gasteiger partial charge in [-0.05, 0) is 30.7 Å². The van der Waals surface area contributed by atoms with Crippen LogP contribution in [0, 0.1) is 6.92 Å². The van der Waals surface area contributed by atoms with Crippen molar-refractivity contribution >= 4 is 17.5 Å². The number of carbonyl (C=O) groups is 1. The average Bonchev–Trinajstić information content (AvgIpc) is 2.75. The molecule has 0 saturated heterocycles. The average molecular weight is 408 g/mol. The summed E-state index contributed by atoms with van der Waals surface area (Å²) in [5, 5.41) is 0.440. The highest BCUT2D eigenvalue weighted by molar-refractivity contribution is 7.99. The second kappa shape index (κ2) is 8.53. The minimum Gasteiger partial charge on any atom is -0.486 e. The number of ketones is 1. The van der Waals surface area contributed by atoms with Gasteiger partial charge in [0.1, 0.15) is 13.2 Å². The first-order chi connectivity index (χ1) is 14.1. The fourth-order valence-corrected chi connectivity index (χ4v) is 3.90. The molecule has 0 unspecified atom stereocenters. The third-order valence-electron chi connectivity index (χ3n) is 4.63. The zero-order valence-corrected chi connectivity index (χ0v) is 16.8. The number of hydrogen-bond acceptors (Lipinski definition) is 6. The van der Waals surface area contributed by atoms with Crippen LogP contribution in [-0.4, -0.2) is 34.7 Å². The van der Waals surface area contributed by atoms with Gasteiger partial charge in [-0.25, -0.2) is 4.98 Å². The number of ether oxygens (including phenoxy) is 2. The molecule has 0 atom stereocenters. The van der Waals surface area contributed by atoms with E-state index in [9.17, 15) is 9.59 Å². The number of nitrogens with zero attached hydrogens (tertiary/aromatic N) is 1. The summed E-state index contributed by atoms with van der Waals surface area (Å²) < 4.78 is 11.0. The van der Waals surface area contributed by atoms with Crippen molar-refractivity contribution in [3.63, 3.8) is 0 Å². The fraction of sp³-hybridized carbons (Fsp3) is 0.227. The van der Waals surface area contributed by atoms with Gasteiger partial charge in [-0.1, -0.05) is 42.1 Å². The van der Waals surface area contributed by atoms with E-state index in [1.54, 1.807) is 18.2 Å². The van der Waals surface area contributed by atoms with Crippen LogP contribution < -0.4 is 15.0 Å². The number of Topliss-reactive ketones (excluding diaryl/α,β-unsaturated/α-hetero) is 1. The molecular formula is C22H20N2O4S. The Hall–Kier alpha value is -3.06. The molecule has 29 heavy (non-hydrogen) atoms. The number of aryl methyl sites for hydroxylation is 1. The monoisotopic (exact) mass is 408 g/mol. The summed E-state index contributed by atoms with van der Waals surface area (Å²) in [5.41, 5.74) is 2.74. The van der Waals surface area contributed by atoms with Gasteiger partial charge in [-0.2, -0.15) is 0 Å². The zero-order chi connectivity index (χ0) is 20.2. The van der Waals surface area contributed by atoms with E-state index >= 15 is 0 Å². The van der Waals surface area contributed by atoms with Crippen molar-refractivity contribution in [3.8, 4) is 11.5 Å². The van der Waals surface area contributed by atoms with Gasteiger partial charge in [-0.3, -0.25) is 9.59 Å². The van der Waals surface area contributed by atoms with Gasteiger partial charge >= 0.3 is 0 Å². The molecule has 1 aliphatic rings. The first-order valence-electron chi connectivity index (χ1n) is 9.29. The zero-order valence-electron chi connectivity index (χ0n) is 15.9. The molecule has 0 aliphatic carbocycles. The van der Waals surface area contributed by atoms with E-state index in [1.807, 2.05) is 37.3 Å². The molecule has 2 aromatic carbocycles. The number of rotatable bonds is 6. The Morgan fingerprint density at radius 2 is 1.86 bits per heavy atom. The summed E-state index contributed by atoms with van der Waals surface area (Å²) in [7, 11) is 0. The Morgan fingerprint density at radius 3 is 2.62 bits per heavy atom. The van der Waals surface area contributed by atoms with E-state index in [2.05, 4.69) is 9.97 Å². The van der Waals surface area contributed by atoms with E-state index < -0.39 is 0 Å². The number of H-pyrrole nitrogens is 1. The van der Waals surface area contributed by atoms with Crippen molar-refractivity contribution in [1.29, 1.82) is 0 Å². The molecule has 2 heterocycles. The lowest BCUT2D eigenvalue weighted by atomic mass is 10.1. The van der Waals surface area contributed by atoms with Gasteiger partial charge in [0.2, 0.25) is 0 Å². The van der Waals surface area contributed by atoms with E-state index in [1.165, 1.54) is 11.8 Å². The van der Waals surface area contributed by atoms with Crippen LogP contribution in [0.3, 0.4) is 0 Å². The number of carbonyl (C=O) groups excluding carboxylic acids is 1. The Morgan fingerprint density at radius 1 is 1.10 bits per heavy atom. The van der Waals surface area contributed by atoms with E-state index in [-0.39, 0.29) is 17.1 Å². The maximum absolute atomic E-state index is 12.5. The lowest BCUT2D eigenvalue weighted by molar-refractivity contribution is 0.102. The second-order valence-corrected chi connectivity index (χ2v) is 7.63. The standard InChI is InChI=1S/C22H20N2O4S/c1-14-17(11-15-5-3-2-4-6-15)21(26)24-22(23-14)29-13-18(25)16-7-8-19-20(12-16)28-10-9-27-19/h2-8,12H,9-11,13H2,1H3,(H,23,24,26). The normalized spacial score (nSPS) is 12.6. The van der Waals surface area contributed by atoms with Crippen LogP contribution in [0.2, 0.25) is 0 Å². The fourth-order valence-electron chi connectivity index (χ4n) is 3.10. The molecule has 0 saturated carbocycles. The number of aromatic nitrogens is 2. The molecule has 1 N–H and O–H groups in total. The lowest BCUT2D eigenvalue weighted by Gasteiger charge is -2.18. The summed E-state index contributed by atoms with van der Waals surface area (Å²) in [4.78, 5) is 32.3. The lowest BCUT2D eigenvalue weighted by Crippen LogP contribution is -2.18. The maximum atomic E-state index is 12.5. The predicted octanol–water partition coefficient (Wildman–Crippen LogP) is 3.42. The molecule has 3 aromatic rings. The quantitative estimate of drug-likeness (QED) is 0.382. The van der Waals surface area contributed by atoms with Gasteiger partial charge in [0.25, 0.3) is 5.56 Å². The van der Waals surface area contributed by atoms with Gasteiger partial charge in [0.15, 0.2) is 22.4 Å². The number of hydrogen-bond donors (Lipinski definition) is 1. The Kier molecular flexibility index (Phi) is 5.67. The van der Waals surface area contributed by atoms with Gasteiger partial charge in [0.05, 0.1) is 5.75 Å². The Bertz CT molecular complexity index is 1100. The highest BCUT2D eigenvalue weighted by Gasteiger charge is 2.16. The minimum atomic E-state index is -0.171. The summed E-state index contributed by atoms with van der Waals surface area (Å²) in [6.07, 6.45) is 0.524. The van der Waals surface area contributed by atoms with E-state index in [4.69, 9.17) is 9.47 Å². The number of thioether (sulfide) groups is 1. The van der Waals surface area contributed by atoms with Crippen molar-refractivity contribution in [2.24, 2.45) is 0 Å². The third-order valence-corrected chi connectivity index (χ3v) is 5.50. The summed E-state index contributed by atoms with van der Waals surface area (Å²) in [6.45, 7) is 2.80. The molecule has 0 bridgehead atoms. The number of nitrogens with one attached hydrogen (secondary N) is 1. The summed E-state index contributed by atoms with van der Waals surface area (Å²) >= 11 is 1.22. The van der Waals surface area contributed by atoms with Crippen LogP contribution in [0.4, 0.5) is 0 Å². The maximum Gasteiger partial charge on any atom is 0.255 e. The first kappa shape index (κ1) is 19.3. The van der Waals surface area contributed by atoms with Crippen molar-refractivity contribution in [1.82, 2.24) is 9.97 Å². The highest BCUT2D eigenvalue weighted by atomic mass is 32.2. The third kappa shape index (κ3) is 4.51. The summed E-state index contributed by atoms with van der Waals surface area (Å²) in [5.74, 6) is 1.33. The Labute approximate surface area is 172 Å². The van der Waals surface area contributed by atoms with Crippen LogP contribution in [0.25, 0.3) is 0 Å². The van der Waals surface area contributed by atoms with Crippen molar-refractivity contribution in [2.45, 2.75) is 18.5 Å². The van der Waals surface area contributed by atoms with Crippen LogP contribution >= 0.6 is 11.8 Å². The smallest absolute Gasteiger partial charge is 0.255 e. The first-order valence-corrected chi connectivity index (χ1v) is 10.3. The molecule has 0 amide bonds. The van der Waals surface area contributed by atoms with E-state index in [0.29, 0.717) is 53.1 Å². The van der Waals surface area contributed by atoms with Crippen LogP contribution in [0.5, 0.6) is 11.5 Å². The SMILES string of the molecule is Cc1nc(SCC(=O)c2ccc3c(c2)OCCO3)[nH]c(=O)c1Cc1ccccc1. The van der Waals surface area contributed by atoms with Gasteiger partial charge < -0.3 is 14.5 Å². The topological polar surface area (TPSA) is 81.3 Å². The van der Waals surface area contributed by atoms with Crippen molar-refractivity contribution in [2.75, 3.05) is 19.0 Å². The molecular weight excluding hydrogens is 388 g/mol. The van der Waals surface area contributed by atoms with Gasteiger partial charge in [-0.15, -0.1) is 0 Å². The largest absolute Gasteiger partial charge is 0.486 e. The molecule has 0 radical (unpaired) electrons. The van der Waals surface area contributed by atoms with Crippen LogP contribution in [-0.2, 0) is 6.42 Å².